The molecule has 0 unspecified atom stereocenters. The number of carbonyl (C=O) groups is 1. The van der Waals surface area contributed by atoms with Crippen LogP contribution in [0.25, 0.3) is 0 Å². The van der Waals surface area contributed by atoms with Crippen LogP contribution in [0.1, 0.15) is 84.0 Å². The average molecular weight is 377 g/mol. The number of hydrogen-bond acceptors (Lipinski definition) is 4. The Bertz CT molecular complexity index is 408. The molecule has 0 aromatic carbocycles. The van der Waals surface area contributed by atoms with Gasteiger partial charge in [-0.25, -0.2) is 4.57 Å². The molecule has 0 bridgehead atoms. The van der Waals surface area contributed by atoms with Gasteiger partial charge in [0.25, 0.3) is 0 Å². The highest BCUT2D eigenvalue weighted by atomic mass is 31.2. The first-order valence-electron chi connectivity index (χ1n) is 9.53. The van der Waals surface area contributed by atoms with Crippen molar-refractivity contribution < 1.29 is 23.7 Å². The first-order chi connectivity index (χ1) is 11.9. The van der Waals surface area contributed by atoms with Gasteiger partial charge in [-0.1, -0.05) is 77.2 Å². The van der Waals surface area contributed by atoms with E-state index in [4.69, 9.17) is 15.5 Å². The van der Waals surface area contributed by atoms with Crippen LogP contribution in [-0.4, -0.2) is 28.2 Å². The van der Waals surface area contributed by atoms with Crippen molar-refractivity contribution in [3.05, 3.63) is 12.2 Å². The predicted molar refractivity (Wildman–Crippen MR) is 101 cm³/mol. The number of ketones is 1. The van der Waals surface area contributed by atoms with Gasteiger partial charge in [-0.15, -0.1) is 0 Å². The first kappa shape index (κ1) is 24.5. The maximum absolute atomic E-state index is 11.6. The van der Waals surface area contributed by atoms with E-state index in [1.807, 2.05) is 0 Å². The maximum atomic E-state index is 11.6. The molecule has 25 heavy (non-hydrogen) atoms. The number of nitrogens with two attached hydrogens (primary N) is 1. The van der Waals surface area contributed by atoms with Crippen molar-refractivity contribution in [1.82, 2.24) is 0 Å². The van der Waals surface area contributed by atoms with Crippen molar-refractivity contribution in [3.8, 4) is 0 Å². The smallest absolute Gasteiger partial charge is 0.319 e. The number of unbranched alkanes of at least 4 members (excludes halogenated alkanes) is 11. The standard InChI is InChI=1S/C18H36NO5P/c1-2-3-4-5-6-7-8-9-10-11-12-13-14-15-18(20)17(19)16-24-25(21,22)23/h14-15,17H,2-13,16,19H2,1H3,(H2,21,22,23)/b15-14+/t17-/m0/s1. The molecule has 7 heteroatoms. The van der Waals surface area contributed by atoms with Crippen molar-refractivity contribution in [3.63, 3.8) is 0 Å². The number of hydrogen-bond donors (Lipinski definition) is 3. The molecule has 0 aliphatic heterocycles. The Balaban J connectivity index is 3.47. The highest BCUT2D eigenvalue weighted by Gasteiger charge is 2.18. The Morgan fingerprint density at radius 2 is 1.48 bits per heavy atom. The van der Waals surface area contributed by atoms with Gasteiger partial charge in [-0.3, -0.25) is 9.32 Å². The average Bonchev–Trinajstić information content (AvgIpc) is 2.56. The minimum Gasteiger partial charge on any atom is -0.319 e. The van der Waals surface area contributed by atoms with Gasteiger partial charge in [0.1, 0.15) is 0 Å². The van der Waals surface area contributed by atoms with Crippen LogP contribution in [0, 0.1) is 0 Å². The third kappa shape index (κ3) is 18.1. The van der Waals surface area contributed by atoms with Crippen molar-refractivity contribution in [2.75, 3.05) is 6.61 Å². The van der Waals surface area contributed by atoms with Crippen molar-refractivity contribution in [2.24, 2.45) is 5.73 Å². The Hall–Kier alpha value is -0.520. The molecular weight excluding hydrogens is 341 g/mol. The Morgan fingerprint density at radius 1 is 1.00 bits per heavy atom. The van der Waals surface area contributed by atoms with Gasteiger partial charge in [-0.05, 0) is 18.9 Å². The van der Waals surface area contributed by atoms with E-state index in [9.17, 15) is 9.36 Å². The lowest BCUT2D eigenvalue weighted by Gasteiger charge is -2.09. The van der Waals surface area contributed by atoms with Crippen molar-refractivity contribution >= 4 is 13.6 Å². The number of allylic oxidation sites excluding steroid dienone is 1. The summed E-state index contributed by atoms with van der Waals surface area (Å²) < 4.78 is 14.7. The fourth-order valence-corrected chi connectivity index (χ4v) is 2.86. The molecule has 0 amide bonds. The number of rotatable bonds is 17. The number of phosphoric acid groups is 1. The largest absolute Gasteiger partial charge is 0.469 e. The van der Waals surface area contributed by atoms with Crippen molar-refractivity contribution in [2.45, 2.75) is 90.0 Å². The van der Waals surface area contributed by atoms with Gasteiger partial charge in [-0.2, -0.15) is 0 Å². The molecule has 0 saturated carbocycles. The van der Waals surface area contributed by atoms with E-state index in [0.717, 1.165) is 19.3 Å². The van der Waals surface area contributed by atoms with Gasteiger partial charge in [0.15, 0.2) is 5.78 Å². The Morgan fingerprint density at radius 3 is 1.96 bits per heavy atom. The van der Waals surface area contributed by atoms with E-state index >= 15 is 0 Å². The molecular formula is C18H36NO5P. The topological polar surface area (TPSA) is 110 Å². The van der Waals surface area contributed by atoms with Crippen LogP contribution in [0.15, 0.2) is 12.2 Å². The zero-order valence-electron chi connectivity index (χ0n) is 15.6. The van der Waals surface area contributed by atoms with E-state index in [2.05, 4.69) is 11.4 Å². The van der Waals surface area contributed by atoms with Crippen LogP contribution in [0.3, 0.4) is 0 Å². The molecule has 4 N–H and O–H groups in total. The maximum Gasteiger partial charge on any atom is 0.469 e. The summed E-state index contributed by atoms with van der Waals surface area (Å²) in [7, 11) is -4.58. The molecule has 0 spiro atoms. The molecule has 6 nitrogen and oxygen atoms in total. The summed E-state index contributed by atoms with van der Waals surface area (Å²) in [6.45, 7) is 1.76. The van der Waals surface area contributed by atoms with Crippen LogP contribution in [-0.2, 0) is 13.9 Å². The molecule has 0 fully saturated rings. The second kappa shape index (κ2) is 15.7. The molecule has 1 atom stereocenters. The van der Waals surface area contributed by atoms with Crippen LogP contribution in [0.2, 0.25) is 0 Å². The fraction of sp³-hybridized carbons (Fsp3) is 0.833. The SMILES string of the molecule is CCCCCCCCCCCCC/C=C/C(=O)[C@@H](N)COP(=O)(O)O. The zero-order valence-corrected chi connectivity index (χ0v) is 16.5. The van der Waals surface area contributed by atoms with E-state index in [1.165, 1.54) is 63.9 Å². The molecule has 0 aromatic heterocycles. The molecule has 0 heterocycles. The molecule has 0 radical (unpaired) electrons. The molecule has 148 valence electrons. The van der Waals surface area contributed by atoms with E-state index in [0.29, 0.717) is 0 Å². The van der Waals surface area contributed by atoms with Gasteiger partial charge in [0, 0.05) is 0 Å². The van der Waals surface area contributed by atoms with Crippen LogP contribution in [0.5, 0.6) is 0 Å². The summed E-state index contributed by atoms with van der Waals surface area (Å²) in [6, 6.07) is -1.04. The molecule has 0 saturated heterocycles. The highest BCUT2D eigenvalue weighted by Crippen LogP contribution is 2.35. The first-order valence-corrected chi connectivity index (χ1v) is 11.1. The van der Waals surface area contributed by atoms with E-state index in [1.54, 1.807) is 6.08 Å². The second-order valence-electron chi connectivity index (χ2n) is 6.52. The number of carbonyl (C=O) groups excluding carboxylic acids is 1. The third-order valence-electron chi connectivity index (χ3n) is 4.04. The second-order valence-corrected chi connectivity index (χ2v) is 7.76. The predicted octanol–water partition coefficient (Wildman–Crippen LogP) is 4.25. The molecule has 0 aromatic rings. The highest BCUT2D eigenvalue weighted by molar-refractivity contribution is 7.46. The van der Waals surface area contributed by atoms with Gasteiger partial charge >= 0.3 is 7.82 Å². The molecule has 0 rings (SSSR count). The molecule has 0 aliphatic rings. The zero-order chi connectivity index (χ0) is 19.0. The summed E-state index contributed by atoms with van der Waals surface area (Å²) in [5.74, 6) is -0.378. The molecule has 0 aliphatic carbocycles. The van der Waals surface area contributed by atoms with Crippen LogP contribution in [0.4, 0.5) is 0 Å². The summed E-state index contributed by atoms with van der Waals surface area (Å²) in [4.78, 5) is 28.7. The summed E-state index contributed by atoms with van der Waals surface area (Å²) in [5.41, 5.74) is 5.50. The number of phosphoric ester groups is 1. The van der Waals surface area contributed by atoms with E-state index < -0.39 is 20.5 Å². The lowest BCUT2D eigenvalue weighted by molar-refractivity contribution is -0.116. The van der Waals surface area contributed by atoms with Gasteiger partial charge in [0.05, 0.1) is 12.6 Å². The minimum absolute atomic E-state index is 0.378. The lowest BCUT2D eigenvalue weighted by Crippen LogP contribution is -2.33. The summed E-state index contributed by atoms with van der Waals surface area (Å²) in [5, 5.41) is 0. The van der Waals surface area contributed by atoms with Crippen LogP contribution >= 0.6 is 7.82 Å². The Labute approximate surface area is 152 Å². The lowest BCUT2D eigenvalue weighted by atomic mass is 10.1. The van der Waals surface area contributed by atoms with Gasteiger partial charge in [0.2, 0.25) is 0 Å². The van der Waals surface area contributed by atoms with Crippen molar-refractivity contribution in [1.29, 1.82) is 0 Å². The monoisotopic (exact) mass is 377 g/mol. The third-order valence-corrected chi connectivity index (χ3v) is 4.53. The fourth-order valence-electron chi connectivity index (χ4n) is 2.51. The summed E-state index contributed by atoms with van der Waals surface area (Å²) >= 11 is 0. The van der Waals surface area contributed by atoms with E-state index in [-0.39, 0.29) is 5.78 Å². The Kier molecular flexibility index (Phi) is 15.4. The summed E-state index contributed by atoms with van der Waals surface area (Å²) in [6.07, 6.45) is 18.1. The van der Waals surface area contributed by atoms with Crippen LogP contribution < -0.4 is 5.73 Å². The van der Waals surface area contributed by atoms with Gasteiger partial charge < -0.3 is 15.5 Å². The minimum atomic E-state index is -4.58. The normalized spacial score (nSPS) is 13.4. The quantitative estimate of drug-likeness (QED) is 0.199.